The third kappa shape index (κ3) is 6.61. The van der Waals surface area contributed by atoms with Crippen LogP contribution in [0.15, 0.2) is 59.8 Å². The summed E-state index contributed by atoms with van der Waals surface area (Å²) in [5.74, 6) is 0. The lowest BCUT2D eigenvalue weighted by atomic mass is 9.96. The van der Waals surface area contributed by atoms with Gasteiger partial charge in [0, 0.05) is 35.4 Å². The Morgan fingerprint density at radius 1 is 1.06 bits per heavy atom. The van der Waals surface area contributed by atoms with Gasteiger partial charge >= 0.3 is 12.4 Å². The van der Waals surface area contributed by atoms with E-state index in [4.69, 9.17) is 11.6 Å². The van der Waals surface area contributed by atoms with Crippen LogP contribution in [0.25, 0.3) is 21.7 Å². The van der Waals surface area contributed by atoms with Crippen LogP contribution >= 0.6 is 11.6 Å². The molecule has 6 rings (SSSR count). The smallest absolute Gasteiger partial charge is 0.383 e. The standard InChI is InChI=1S/C33H29ClF6N8O/c1-30(2,3)16-43-26-18(13-41)14-42-27-23(26)11-19(12-24(27)34)44-28(25-15-48(46-45-25)31(8-9-31)33(38,39)40)21-5-4-6-22-20(21)7-10-47(29(22)49)17-32(35,36)37/h4-7,10-12,14-15,28,44H,8-9,16-17H2,1-3H3,(H,42,43). The molecule has 0 amide bonds. The molecule has 3 heterocycles. The summed E-state index contributed by atoms with van der Waals surface area (Å²) in [4.78, 5) is 17.5. The van der Waals surface area contributed by atoms with Gasteiger partial charge in [-0.3, -0.25) is 9.78 Å². The first-order chi connectivity index (χ1) is 22.9. The molecular formula is C33H29ClF6N8O. The van der Waals surface area contributed by atoms with Crippen molar-refractivity contribution in [2.75, 3.05) is 17.2 Å². The summed E-state index contributed by atoms with van der Waals surface area (Å²) in [6.07, 6.45) is -5.98. The fraction of sp³-hybridized carbons (Fsp3) is 0.364. The first-order valence-corrected chi connectivity index (χ1v) is 15.5. The van der Waals surface area contributed by atoms with Gasteiger partial charge in [-0.2, -0.15) is 31.6 Å². The number of nitrogens with zero attached hydrogens (tertiary/aromatic N) is 6. The first kappa shape index (κ1) is 34.0. The first-order valence-electron chi connectivity index (χ1n) is 15.1. The number of nitriles is 1. The summed E-state index contributed by atoms with van der Waals surface area (Å²) in [6, 6.07) is 10.1. The van der Waals surface area contributed by atoms with Gasteiger partial charge in [0.25, 0.3) is 5.56 Å². The van der Waals surface area contributed by atoms with E-state index >= 15 is 0 Å². The lowest BCUT2D eigenvalue weighted by molar-refractivity contribution is -0.183. The average molecular weight is 703 g/mol. The topological polar surface area (TPSA) is 113 Å². The van der Waals surface area contributed by atoms with Crippen molar-refractivity contribution >= 4 is 44.7 Å². The maximum atomic E-state index is 14.0. The van der Waals surface area contributed by atoms with Gasteiger partial charge in [-0.15, -0.1) is 5.10 Å². The molecule has 2 N–H and O–H groups in total. The van der Waals surface area contributed by atoms with Gasteiger partial charge in [-0.25, -0.2) is 4.68 Å². The molecule has 1 atom stereocenters. The van der Waals surface area contributed by atoms with Crippen LogP contribution in [0, 0.1) is 16.7 Å². The van der Waals surface area contributed by atoms with E-state index < -0.39 is 36.0 Å². The second-order valence-electron chi connectivity index (χ2n) is 13.3. The maximum absolute atomic E-state index is 14.0. The van der Waals surface area contributed by atoms with E-state index in [0.29, 0.717) is 39.0 Å². The van der Waals surface area contributed by atoms with E-state index in [1.54, 1.807) is 18.2 Å². The molecule has 0 spiro atoms. The monoisotopic (exact) mass is 702 g/mol. The summed E-state index contributed by atoms with van der Waals surface area (Å²) in [6.45, 7) is 5.03. The van der Waals surface area contributed by atoms with E-state index in [9.17, 15) is 36.4 Å². The molecule has 49 heavy (non-hydrogen) atoms. The molecule has 256 valence electrons. The number of aromatic nitrogens is 5. The van der Waals surface area contributed by atoms with Crippen molar-refractivity contribution in [2.24, 2.45) is 5.41 Å². The molecule has 5 aromatic rings. The van der Waals surface area contributed by atoms with Crippen molar-refractivity contribution < 1.29 is 26.3 Å². The molecule has 9 nitrogen and oxygen atoms in total. The lowest BCUT2D eigenvalue weighted by Crippen LogP contribution is -2.35. The number of halogens is 7. The third-order valence-electron chi connectivity index (χ3n) is 8.36. The van der Waals surface area contributed by atoms with Gasteiger partial charge in [0.15, 0.2) is 5.54 Å². The van der Waals surface area contributed by atoms with E-state index in [1.165, 1.54) is 30.6 Å². The minimum Gasteiger partial charge on any atom is -0.383 e. The number of hydrogen-bond acceptors (Lipinski definition) is 7. The van der Waals surface area contributed by atoms with E-state index in [-0.39, 0.29) is 45.3 Å². The highest BCUT2D eigenvalue weighted by Crippen LogP contribution is 2.55. The van der Waals surface area contributed by atoms with Crippen LogP contribution in [0.3, 0.4) is 0 Å². The molecule has 1 fully saturated rings. The SMILES string of the molecule is CC(C)(C)CNc1c(C#N)cnc2c(Cl)cc(NC(c3cn(C4(C(F)(F)F)CC4)nn3)c3cccc4c(=O)n(CC(F)(F)F)ccc34)cc12. The zero-order valence-corrected chi connectivity index (χ0v) is 27.1. The minimum absolute atomic E-state index is 0.0366. The Labute approximate surface area is 280 Å². The fourth-order valence-electron chi connectivity index (χ4n) is 5.74. The molecule has 1 aliphatic rings. The number of pyridine rings is 2. The van der Waals surface area contributed by atoms with Crippen molar-refractivity contribution in [3.63, 3.8) is 0 Å². The molecule has 16 heteroatoms. The second-order valence-corrected chi connectivity index (χ2v) is 13.7. The molecule has 0 saturated heterocycles. The lowest BCUT2D eigenvalue weighted by Gasteiger charge is -2.23. The van der Waals surface area contributed by atoms with Crippen LogP contribution in [-0.2, 0) is 12.1 Å². The molecule has 2 aromatic carbocycles. The highest BCUT2D eigenvalue weighted by atomic mass is 35.5. The molecule has 1 saturated carbocycles. The van der Waals surface area contributed by atoms with Crippen molar-refractivity contribution in [2.45, 2.75) is 64.1 Å². The van der Waals surface area contributed by atoms with Gasteiger partial charge in [0.2, 0.25) is 0 Å². The summed E-state index contributed by atoms with van der Waals surface area (Å²) in [5, 5.41) is 25.3. The number of hydrogen-bond donors (Lipinski definition) is 2. The highest BCUT2D eigenvalue weighted by molar-refractivity contribution is 6.35. The van der Waals surface area contributed by atoms with E-state index in [2.05, 4.69) is 32.0 Å². The molecule has 1 aliphatic carbocycles. The number of alkyl halides is 6. The predicted octanol–water partition coefficient (Wildman–Crippen LogP) is 7.94. The van der Waals surface area contributed by atoms with Gasteiger partial charge < -0.3 is 15.2 Å². The van der Waals surface area contributed by atoms with E-state index in [0.717, 1.165) is 10.9 Å². The number of anilines is 2. The van der Waals surface area contributed by atoms with E-state index in [1.807, 2.05) is 20.8 Å². The summed E-state index contributed by atoms with van der Waals surface area (Å²) in [5.41, 5.74) is -1.40. The summed E-state index contributed by atoms with van der Waals surface area (Å²) >= 11 is 6.70. The van der Waals surface area contributed by atoms with Crippen LogP contribution in [-0.4, -0.2) is 43.4 Å². The molecule has 0 bridgehead atoms. The minimum atomic E-state index is -4.65. The zero-order valence-electron chi connectivity index (χ0n) is 26.3. The van der Waals surface area contributed by atoms with Crippen molar-refractivity contribution in [3.05, 3.63) is 87.2 Å². The van der Waals surface area contributed by atoms with Crippen molar-refractivity contribution in [1.29, 1.82) is 5.26 Å². The number of benzene rings is 2. The quantitative estimate of drug-likeness (QED) is 0.158. The number of rotatable bonds is 8. The van der Waals surface area contributed by atoms with Crippen molar-refractivity contribution in [1.82, 2.24) is 24.5 Å². The van der Waals surface area contributed by atoms with Gasteiger partial charge in [-0.05, 0) is 53.5 Å². The van der Waals surface area contributed by atoms with Gasteiger partial charge in [0.05, 0.1) is 34.0 Å². The largest absolute Gasteiger partial charge is 0.413 e. The molecular weight excluding hydrogens is 674 g/mol. The molecule has 1 unspecified atom stereocenters. The number of fused-ring (bicyclic) bond motifs is 2. The maximum Gasteiger partial charge on any atom is 0.413 e. The zero-order chi connectivity index (χ0) is 35.5. The van der Waals surface area contributed by atoms with Crippen LogP contribution in [0.4, 0.5) is 37.7 Å². The van der Waals surface area contributed by atoms with Crippen molar-refractivity contribution in [3.8, 4) is 6.07 Å². The molecule has 0 radical (unpaired) electrons. The van der Waals surface area contributed by atoms with Crippen LogP contribution in [0.1, 0.15) is 56.5 Å². The van der Waals surface area contributed by atoms with Crippen LogP contribution in [0.5, 0.6) is 0 Å². The Kier molecular flexibility index (Phi) is 8.29. The third-order valence-corrected chi connectivity index (χ3v) is 8.65. The summed E-state index contributed by atoms with van der Waals surface area (Å²) in [7, 11) is 0. The highest BCUT2D eigenvalue weighted by Gasteiger charge is 2.66. The van der Waals surface area contributed by atoms with Gasteiger partial charge in [-0.1, -0.05) is 49.7 Å². The normalized spacial score (nSPS) is 15.3. The number of nitrogens with one attached hydrogen (secondary N) is 2. The van der Waals surface area contributed by atoms with Gasteiger partial charge in [0.1, 0.15) is 18.3 Å². The van der Waals surface area contributed by atoms with Crippen LogP contribution in [0.2, 0.25) is 5.02 Å². The Morgan fingerprint density at radius 2 is 1.80 bits per heavy atom. The predicted molar refractivity (Wildman–Crippen MR) is 172 cm³/mol. The van der Waals surface area contributed by atoms with Crippen LogP contribution < -0.4 is 16.2 Å². The Hall–Kier alpha value is -4.84. The average Bonchev–Trinajstić information content (AvgIpc) is 3.70. The Bertz CT molecular complexity index is 2170. The molecule has 0 aliphatic heterocycles. The Balaban J connectivity index is 1.51. The second kappa shape index (κ2) is 11.9. The fourth-order valence-corrected chi connectivity index (χ4v) is 6.01. The Morgan fingerprint density at radius 3 is 2.43 bits per heavy atom. The summed E-state index contributed by atoms with van der Waals surface area (Å²) < 4.78 is 83.0. The molecule has 3 aromatic heterocycles.